The third-order valence-electron chi connectivity index (χ3n) is 5.01. The Bertz CT molecular complexity index is 817. The van der Waals surface area contributed by atoms with Gasteiger partial charge in [0.05, 0.1) is 20.6 Å². The summed E-state index contributed by atoms with van der Waals surface area (Å²) in [6.45, 7) is 2.84. The summed E-state index contributed by atoms with van der Waals surface area (Å²) in [5.41, 5.74) is 1.14. The van der Waals surface area contributed by atoms with E-state index >= 15 is 0 Å². The number of rotatable bonds is 6. The number of hydrogen-bond donors (Lipinski definition) is 1. The number of aromatic amines is 1. The number of carbonyl (C=O) groups is 2. The molecule has 0 bridgehead atoms. The maximum Gasteiger partial charge on any atom is 0.227 e. The average Bonchev–Trinajstić information content (AvgIpc) is 3.22. The first-order valence-electron chi connectivity index (χ1n) is 9.06. The van der Waals surface area contributed by atoms with Gasteiger partial charge in [-0.1, -0.05) is 0 Å². The van der Waals surface area contributed by atoms with E-state index in [0.29, 0.717) is 29.2 Å². The van der Waals surface area contributed by atoms with Crippen molar-refractivity contribution >= 4 is 11.7 Å². The molecule has 1 saturated heterocycles. The molecule has 0 spiro atoms. The largest absolute Gasteiger partial charge is 0.493 e. The van der Waals surface area contributed by atoms with E-state index in [1.807, 2.05) is 4.90 Å². The van der Waals surface area contributed by atoms with E-state index in [-0.39, 0.29) is 24.0 Å². The second kappa shape index (κ2) is 8.24. The number of amides is 1. The number of likely N-dealkylation sites (tertiary alicyclic amines) is 1. The van der Waals surface area contributed by atoms with Gasteiger partial charge in [0.25, 0.3) is 0 Å². The minimum Gasteiger partial charge on any atom is -0.493 e. The summed E-state index contributed by atoms with van der Waals surface area (Å²) in [5, 5.41) is 0. The van der Waals surface area contributed by atoms with Gasteiger partial charge in [0.1, 0.15) is 5.82 Å². The lowest BCUT2D eigenvalue weighted by atomic mass is 9.95. The van der Waals surface area contributed by atoms with E-state index in [1.165, 1.54) is 21.1 Å². The minimum absolute atomic E-state index is 0.000904. The van der Waals surface area contributed by atoms with Crippen LogP contribution in [0.4, 0.5) is 0 Å². The number of nitrogens with zero attached hydrogens (tertiary/aromatic N) is 2. The molecule has 7 heteroatoms. The van der Waals surface area contributed by atoms with Crippen molar-refractivity contribution in [2.75, 3.05) is 27.3 Å². The molecule has 3 rings (SSSR count). The lowest BCUT2D eigenvalue weighted by molar-refractivity contribution is -0.131. The molecule has 1 fully saturated rings. The van der Waals surface area contributed by atoms with Crippen molar-refractivity contribution in [3.8, 4) is 11.5 Å². The second-order valence-corrected chi connectivity index (χ2v) is 6.75. The minimum atomic E-state index is -0.106. The fourth-order valence-electron chi connectivity index (χ4n) is 3.60. The summed E-state index contributed by atoms with van der Waals surface area (Å²) in [5.74, 6) is 2.03. The number of hydrogen-bond acceptors (Lipinski definition) is 5. The monoisotopic (exact) mass is 371 g/mol. The van der Waals surface area contributed by atoms with Gasteiger partial charge in [0, 0.05) is 37.0 Å². The highest BCUT2D eigenvalue weighted by Gasteiger charge is 2.27. The third kappa shape index (κ3) is 4.13. The van der Waals surface area contributed by atoms with Crippen molar-refractivity contribution in [3.63, 3.8) is 0 Å². The van der Waals surface area contributed by atoms with Gasteiger partial charge in [-0.3, -0.25) is 9.59 Å². The molecule has 27 heavy (non-hydrogen) atoms. The summed E-state index contributed by atoms with van der Waals surface area (Å²) < 4.78 is 10.6. The first-order chi connectivity index (χ1) is 13.0. The molecule has 0 saturated carbocycles. The number of benzene rings is 1. The van der Waals surface area contributed by atoms with Crippen LogP contribution in [0.25, 0.3) is 0 Å². The van der Waals surface area contributed by atoms with Gasteiger partial charge in [-0.25, -0.2) is 4.98 Å². The number of nitrogens with one attached hydrogen (secondary N) is 1. The molecule has 1 aliphatic rings. The normalized spacial score (nSPS) is 16.9. The summed E-state index contributed by atoms with van der Waals surface area (Å²) in [6, 6.07) is 3.37. The Kier molecular flexibility index (Phi) is 5.78. The highest BCUT2D eigenvalue weighted by molar-refractivity contribution is 5.97. The van der Waals surface area contributed by atoms with Crippen LogP contribution in [0.2, 0.25) is 0 Å². The van der Waals surface area contributed by atoms with Crippen molar-refractivity contribution in [3.05, 3.63) is 41.5 Å². The van der Waals surface area contributed by atoms with Crippen LogP contribution < -0.4 is 9.47 Å². The SMILES string of the molecule is COc1cc(CC(=O)N2CCCC(c3ncc[nH]3)C2)c(C(C)=O)cc1OC. The van der Waals surface area contributed by atoms with Gasteiger partial charge >= 0.3 is 0 Å². The lowest BCUT2D eigenvalue weighted by Crippen LogP contribution is -2.40. The van der Waals surface area contributed by atoms with Crippen molar-refractivity contribution in [2.45, 2.75) is 32.1 Å². The van der Waals surface area contributed by atoms with Crippen LogP contribution in [-0.4, -0.2) is 53.9 Å². The molecule has 1 aromatic heterocycles. The number of Topliss-reactive ketones (excluding diaryl/α,β-unsaturated/α-hetero) is 1. The number of piperidine rings is 1. The molecule has 2 aromatic rings. The van der Waals surface area contributed by atoms with Crippen LogP contribution in [0.5, 0.6) is 11.5 Å². The third-order valence-corrected chi connectivity index (χ3v) is 5.01. The second-order valence-electron chi connectivity index (χ2n) is 6.75. The van der Waals surface area contributed by atoms with Crippen molar-refractivity contribution in [1.29, 1.82) is 0 Å². The average molecular weight is 371 g/mol. The number of methoxy groups -OCH3 is 2. The van der Waals surface area contributed by atoms with Crippen LogP contribution in [0, 0.1) is 0 Å². The van der Waals surface area contributed by atoms with Gasteiger partial charge in [-0.05, 0) is 37.5 Å². The summed E-state index contributed by atoms with van der Waals surface area (Å²) in [7, 11) is 3.06. The van der Waals surface area contributed by atoms with Gasteiger partial charge in [-0.15, -0.1) is 0 Å². The van der Waals surface area contributed by atoms with E-state index in [1.54, 1.807) is 24.5 Å². The Hall–Kier alpha value is -2.83. The zero-order valence-corrected chi connectivity index (χ0v) is 15.9. The van der Waals surface area contributed by atoms with Gasteiger partial charge in [0.2, 0.25) is 5.91 Å². The summed E-state index contributed by atoms with van der Waals surface area (Å²) in [6.07, 6.45) is 5.63. The predicted molar refractivity (Wildman–Crippen MR) is 100 cm³/mol. The van der Waals surface area contributed by atoms with E-state index in [9.17, 15) is 9.59 Å². The molecule has 7 nitrogen and oxygen atoms in total. The standard InChI is InChI=1S/C20H25N3O4/c1-13(24)16-11-18(27-3)17(26-2)9-15(16)10-19(25)23-8-4-5-14(12-23)20-21-6-7-22-20/h6-7,9,11,14H,4-5,8,10,12H2,1-3H3,(H,21,22). The molecular formula is C20H25N3O4. The summed E-state index contributed by atoms with van der Waals surface area (Å²) in [4.78, 5) is 34.3. The van der Waals surface area contributed by atoms with Crippen molar-refractivity contribution < 1.29 is 19.1 Å². The molecular weight excluding hydrogens is 346 g/mol. The molecule has 2 heterocycles. The molecule has 1 amide bonds. The highest BCUT2D eigenvalue weighted by atomic mass is 16.5. The predicted octanol–water partition coefficient (Wildman–Crippen LogP) is 2.58. The molecule has 0 radical (unpaired) electrons. The lowest BCUT2D eigenvalue weighted by Gasteiger charge is -2.32. The molecule has 1 unspecified atom stereocenters. The Morgan fingerprint density at radius 3 is 2.63 bits per heavy atom. The van der Waals surface area contributed by atoms with Gasteiger partial charge < -0.3 is 19.4 Å². The fraction of sp³-hybridized carbons (Fsp3) is 0.450. The number of ketones is 1. The molecule has 1 N–H and O–H groups in total. The highest BCUT2D eigenvalue weighted by Crippen LogP contribution is 2.32. The number of H-pyrrole nitrogens is 1. The van der Waals surface area contributed by atoms with E-state index in [2.05, 4.69) is 9.97 Å². The molecule has 1 aliphatic heterocycles. The molecule has 144 valence electrons. The Morgan fingerprint density at radius 2 is 2.00 bits per heavy atom. The van der Waals surface area contributed by atoms with Crippen LogP contribution >= 0.6 is 0 Å². The quantitative estimate of drug-likeness (QED) is 0.789. The first kappa shape index (κ1) is 18.9. The van der Waals surface area contributed by atoms with Crippen LogP contribution in [0.3, 0.4) is 0 Å². The Morgan fingerprint density at radius 1 is 1.26 bits per heavy atom. The van der Waals surface area contributed by atoms with Crippen LogP contribution in [-0.2, 0) is 11.2 Å². The van der Waals surface area contributed by atoms with Crippen molar-refractivity contribution in [1.82, 2.24) is 14.9 Å². The van der Waals surface area contributed by atoms with Crippen molar-refractivity contribution in [2.24, 2.45) is 0 Å². The van der Waals surface area contributed by atoms with E-state index < -0.39 is 0 Å². The maximum absolute atomic E-state index is 12.9. The first-order valence-corrected chi connectivity index (χ1v) is 9.06. The van der Waals surface area contributed by atoms with Gasteiger partial charge in [0.15, 0.2) is 17.3 Å². The van der Waals surface area contributed by atoms with Gasteiger partial charge in [-0.2, -0.15) is 0 Å². The number of carbonyl (C=O) groups excluding carboxylic acids is 2. The van der Waals surface area contributed by atoms with Crippen LogP contribution in [0.15, 0.2) is 24.5 Å². The zero-order chi connectivity index (χ0) is 19.4. The smallest absolute Gasteiger partial charge is 0.227 e. The Balaban J connectivity index is 1.79. The molecule has 1 atom stereocenters. The van der Waals surface area contributed by atoms with E-state index in [4.69, 9.17) is 9.47 Å². The Labute approximate surface area is 158 Å². The molecule has 1 aromatic carbocycles. The zero-order valence-electron chi connectivity index (χ0n) is 15.9. The molecule has 0 aliphatic carbocycles. The number of ether oxygens (including phenoxy) is 2. The van der Waals surface area contributed by atoms with Crippen LogP contribution in [0.1, 0.15) is 47.4 Å². The number of aromatic nitrogens is 2. The fourth-order valence-corrected chi connectivity index (χ4v) is 3.60. The number of imidazole rings is 1. The topological polar surface area (TPSA) is 84.5 Å². The summed E-state index contributed by atoms with van der Waals surface area (Å²) >= 11 is 0. The van der Waals surface area contributed by atoms with E-state index in [0.717, 1.165) is 25.2 Å². The maximum atomic E-state index is 12.9.